The molecule has 34 heavy (non-hydrogen) atoms. The van der Waals surface area contributed by atoms with Crippen LogP contribution in [0.5, 0.6) is 5.75 Å². The summed E-state index contributed by atoms with van der Waals surface area (Å²) in [6.07, 6.45) is 1.14. The highest BCUT2D eigenvalue weighted by Crippen LogP contribution is 2.60. The number of methoxy groups -OCH3 is 1. The highest BCUT2D eigenvalue weighted by Gasteiger charge is 2.60. The van der Waals surface area contributed by atoms with Crippen LogP contribution in [0.3, 0.4) is 0 Å². The number of hydrogen-bond donors (Lipinski definition) is 1. The van der Waals surface area contributed by atoms with Crippen LogP contribution in [0.2, 0.25) is 0 Å². The van der Waals surface area contributed by atoms with Crippen molar-refractivity contribution in [2.75, 3.05) is 7.11 Å². The van der Waals surface area contributed by atoms with Gasteiger partial charge in [0.25, 0.3) is 0 Å². The summed E-state index contributed by atoms with van der Waals surface area (Å²) in [5.41, 5.74) is 5.00. The van der Waals surface area contributed by atoms with Gasteiger partial charge in [-0.1, -0.05) is 66.7 Å². The van der Waals surface area contributed by atoms with E-state index in [1.165, 1.54) is 11.1 Å². The van der Waals surface area contributed by atoms with Crippen LogP contribution in [0.25, 0.3) is 0 Å². The minimum atomic E-state index is -0.915. The maximum atomic E-state index is 13.7. The lowest BCUT2D eigenvalue weighted by Gasteiger charge is -2.49. The molecule has 0 bridgehead atoms. The number of carboxylic acid groups (broad SMARTS) is 1. The second kappa shape index (κ2) is 8.98. The quantitative estimate of drug-likeness (QED) is 0.534. The number of fused-ring (bicyclic) bond motifs is 1. The average Bonchev–Trinajstić information content (AvgIpc) is 3.22. The molecule has 2 aliphatic carbocycles. The molecule has 0 aromatic heterocycles. The normalized spacial score (nSPS) is 23.6. The molecule has 0 amide bonds. The smallest absolute Gasteiger partial charge is 0.310 e. The number of ether oxygens (including phenoxy) is 2. The van der Waals surface area contributed by atoms with Gasteiger partial charge in [-0.2, -0.15) is 0 Å². The van der Waals surface area contributed by atoms with Crippen LogP contribution >= 0.6 is 0 Å². The van der Waals surface area contributed by atoms with Crippen LogP contribution in [0.15, 0.2) is 72.8 Å². The molecule has 5 nitrogen and oxygen atoms in total. The number of carbonyl (C=O) groups excluding carboxylic acids is 1. The fourth-order valence-corrected chi connectivity index (χ4v) is 5.87. The molecule has 0 radical (unpaired) electrons. The summed E-state index contributed by atoms with van der Waals surface area (Å²) in [4.78, 5) is 26.3. The molecule has 1 unspecified atom stereocenters. The van der Waals surface area contributed by atoms with Crippen molar-refractivity contribution in [3.63, 3.8) is 0 Å². The van der Waals surface area contributed by atoms with Crippen molar-refractivity contribution in [2.24, 2.45) is 11.8 Å². The zero-order valence-electron chi connectivity index (χ0n) is 19.3. The molecule has 0 spiro atoms. The molecule has 1 saturated carbocycles. The molecule has 3 aromatic carbocycles. The van der Waals surface area contributed by atoms with Crippen molar-refractivity contribution in [3.8, 4) is 5.75 Å². The zero-order chi connectivity index (χ0) is 23.8. The molecule has 3 aromatic rings. The molecule has 1 fully saturated rings. The van der Waals surface area contributed by atoms with Crippen molar-refractivity contribution in [3.05, 3.63) is 101 Å². The molecule has 4 atom stereocenters. The van der Waals surface area contributed by atoms with E-state index in [-0.39, 0.29) is 12.1 Å². The van der Waals surface area contributed by atoms with E-state index in [2.05, 4.69) is 12.1 Å². The third kappa shape index (κ3) is 3.75. The summed E-state index contributed by atoms with van der Waals surface area (Å²) in [6.45, 7) is 1.96. The van der Waals surface area contributed by atoms with Crippen LogP contribution in [-0.2, 0) is 27.2 Å². The molecule has 5 heteroatoms. The predicted molar refractivity (Wildman–Crippen MR) is 128 cm³/mol. The first-order valence-electron chi connectivity index (χ1n) is 11.7. The van der Waals surface area contributed by atoms with Gasteiger partial charge in [0.2, 0.25) is 0 Å². The first-order chi connectivity index (χ1) is 16.5. The largest absolute Gasteiger partial charge is 0.496 e. The van der Waals surface area contributed by atoms with Crippen molar-refractivity contribution >= 4 is 11.9 Å². The fourth-order valence-electron chi connectivity index (χ4n) is 5.87. The lowest BCUT2D eigenvalue weighted by Crippen LogP contribution is -2.52. The minimum Gasteiger partial charge on any atom is -0.496 e. The van der Waals surface area contributed by atoms with E-state index >= 15 is 0 Å². The summed E-state index contributed by atoms with van der Waals surface area (Å²) in [5, 5.41) is 10.3. The Bertz CT molecular complexity index is 1210. The summed E-state index contributed by atoms with van der Waals surface area (Å²) in [5.74, 6) is -3.02. The molecular weight excluding hydrogens is 428 g/mol. The Morgan fingerprint density at radius 1 is 0.794 bits per heavy atom. The number of para-hydroxylation sites is 1. The summed E-state index contributed by atoms with van der Waals surface area (Å²) < 4.78 is 11.6. The second-order valence-corrected chi connectivity index (χ2v) is 9.28. The van der Waals surface area contributed by atoms with Crippen molar-refractivity contribution in [2.45, 2.75) is 37.7 Å². The van der Waals surface area contributed by atoms with Crippen molar-refractivity contribution in [1.29, 1.82) is 0 Å². The van der Waals surface area contributed by atoms with Gasteiger partial charge in [0.15, 0.2) is 0 Å². The lowest BCUT2D eigenvalue weighted by atomic mass is 9.52. The van der Waals surface area contributed by atoms with E-state index in [4.69, 9.17) is 9.47 Å². The van der Waals surface area contributed by atoms with Gasteiger partial charge in [0.1, 0.15) is 11.9 Å². The van der Waals surface area contributed by atoms with Crippen LogP contribution in [0.4, 0.5) is 0 Å². The van der Waals surface area contributed by atoms with Gasteiger partial charge >= 0.3 is 11.9 Å². The Balaban J connectivity index is 1.51. The summed E-state index contributed by atoms with van der Waals surface area (Å²) in [7, 11) is 1.56. The number of benzene rings is 3. The van der Waals surface area contributed by atoms with Gasteiger partial charge in [-0.05, 0) is 40.8 Å². The Morgan fingerprint density at radius 3 is 1.97 bits per heavy atom. The van der Waals surface area contributed by atoms with E-state index in [9.17, 15) is 14.7 Å². The minimum absolute atomic E-state index is 0.232. The molecule has 5 rings (SSSR count). The average molecular weight is 457 g/mol. The van der Waals surface area contributed by atoms with Crippen LogP contribution in [0.1, 0.15) is 39.7 Å². The maximum Gasteiger partial charge on any atom is 0.310 e. The topological polar surface area (TPSA) is 72.8 Å². The number of esters is 1. The predicted octanol–water partition coefficient (Wildman–Crippen LogP) is 4.91. The molecule has 0 heterocycles. The lowest BCUT2D eigenvalue weighted by molar-refractivity contribution is -0.167. The van der Waals surface area contributed by atoms with Gasteiger partial charge in [-0.25, -0.2) is 0 Å². The van der Waals surface area contributed by atoms with Crippen LogP contribution < -0.4 is 4.74 Å². The number of hydrogen-bond acceptors (Lipinski definition) is 4. The van der Waals surface area contributed by atoms with E-state index in [0.717, 1.165) is 16.7 Å². The summed E-state index contributed by atoms with van der Waals surface area (Å²) in [6, 6.07) is 23.2. The third-order valence-electron chi connectivity index (χ3n) is 7.45. The van der Waals surface area contributed by atoms with E-state index in [1.807, 2.05) is 67.6 Å². The third-order valence-corrected chi connectivity index (χ3v) is 7.45. The highest BCUT2D eigenvalue weighted by molar-refractivity contribution is 5.85. The Hall–Kier alpha value is -3.60. The first kappa shape index (κ1) is 22.2. The monoisotopic (exact) mass is 456 g/mol. The van der Waals surface area contributed by atoms with Crippen molar-refractivity contribution < 1.29 is 24.2 Å². The Kier molecular flexibility index (Phi) is 5.86. The Morgan fingerprint density at radius 2 is 1.35 bits per heavy atom. The number of aliphatic carboxylic acids is 1. The molecule has 1 N–H and O–H groups in total. The SMILES string of the molecule is COc1ccccc1C1[C@@H](C(=O)O)[C@@H](c2ccccc2C)[C@@H]1C(=O)OC1Cc2ccccc2C1. The van der Waals surface area contributed by atoms with Gasteiger partial charge in [-0.3, -0.25) is 9.59 Å². The fraction of sp³-hybridized carbons (Fsp3) is 0.310. The maximum absolute atomic E-state index is 13.7. The Labute approximate surface area is 199 Å². The van der Waals surface area contributed by atoms with Gasteiger partial charge < -0.3 is 14.6 Å². The number of carboxylic acids is 1. The number of carbonyl (C=O) groups is 2. The standard InChI is InChI=1S/C29H28O5/c1-17-9-3-6-12-21(17)24-26(28(30)31)25(22-13-7-8-14-23(22)33-2)27(24)29(32)34-20-15-18-10-4-5-11-19(18)16-20/h3-14,20,24-27H,15-16H2,1-2H3,(H,30,31)/t24-,25?,26+,27+/m1/s1. The first-order valence-corrected chi connectivity index (χ1v) is 11.7. The molecule has 0 saturated heterocycles. The van der Waals surface area contributed by atoms with Gasteiger partial charge in [-0.15, -0.1) is 0 Å². The highest BCUT2D eigenvalue weighted by atomic mass is 16.5. The molecule has 174 valence electrons. The van der Waals surface area contributed by atoms with Crippen molar-refractivity contribution in [1.82, 2.24) is 0 Å². The molecule has 0 aliphatic heterocycles. The van der Waals surface area contributed by atoms with Gasteiger partial charge in [0, 0.05) is 24.7 Å². The van der Waals surface area contributed by atoms with Crippen LogP contribution in [-0.4, -0.2) is 30.3 Å². The second-order valence-electron chi connectivity index (χ2n) is 9.28. The van der Waals surface area contributed by atoms with E-state index in [1.54, 1.807) is 7.11 Å². The molecule has 2 aliphatic rings. The number of aryl methyl sites for hydroxylation is 1. The number of rotatable bonds is 6. The van der Waals surface area contributed by atoms with E-state index in [0.29, 0.717) is 18.6 Å². The van der Waals surface area contributed by atoms with Crippen LogP contribution in [0, 0.1) is 18.8 Å². The van der Waals surface area contributed by atoms with Gasteiger partial charge in [0.05, 0.1) is 18.9 Å². The molecular formula is C29H28O5. The van der Waals surface area contributed by atoms with E-state index < -0.39 is 29.6 Å². The zero-order valence-corrected chi connectivity index (χ0v) is 19.3. The summed E-state index contributed by atoms with van der Waals surface area (Å²) >= 11 is 0.